The molecule has 20 heteroatoms. The molecule has 0 bridgehead atoms. The predicted molar refractivity (Wildman–Crippen MR) is 242 cm³/mol. The van der Waals surface area contributed by atoms with Crippen LogP contribution in [0.1, 0.15) is 81.5 Å². The number of nitrogens with one attached hydrogen (secondary N) is 2. The minimum atomic E-state index is -4.03. The zero-order chi connectivity index (χ0) is 46.5. The smallest absolute Gasteiger partial charge is 0.301 e. The Bertz CT molecular complexity index is 2970. The van der Waals surface area contributed by atoms with Crippen LogP contribution in [0.15, 0.2) is 59.7 Å². The molecular weight excluding hydrogens is 872 g/mol. The van der Waals surface area contributed by atoms with Crippen LogP contribution >= 0.6 is 0 Å². The minimum absolute atomic E-state index is 0.0491. The van der Waals surface area contributed by atoms with Gasteiger partial charge in [0.2, 0.25) is 17.7 Å². The van der Waals surface area contributed by atoms with E-state index < -0.39 is 33.3 Å². The van der Waals surface area contributed by atoms with Crippen molar-refractivity contribution in [2.24, 2.45) is 13.0 Å². The van der Waals surface area contributed by atoms with Crippen molar-refractivity contribution >= 4 is 61.1 Å². The molecule has 5 aromatic rings. The van der Waals surface area contributed by atoms with Crippen LogP contribution in [0.5, 0.6) is 11.5 Å². The molecule has 3 aromatic carbocycles. The van der Waals surface area contributed by atoms with E-state index in [2.05, 4.69) is 37.2 Å². The molecule has 0 aliphatic carbocycles. The van der Waals surface area contributed by atoms with E-state index in [1.54, 1.807) is 22.2 Å². The molecule has 2 N–H and O–H groups in total. The number of benzene rings is 3. The zero-order valence-corrected chi connectivity index (χ0v) is 37.8. The fourth-order valence-electron chi connectivity index (χ4n) is 9.76. The van der Waals surface area contributed by atoms with Gasteiger partial charge in [-0.25, -0.2) is 9.37 Å². The molecule has 3 amide bonds. The Labute approximate surface area is 380 Å². The summed E-state index contributed by atoms with van der Waals surface area (Å²) in [6.07, 6.45) is 6.32. The summed E-state index contributed by atoms with van der Waals surface area (Å²) in [5.74, 6) is -1.95. The number of anilines is 2. The Kier molecular flexibility index (Phi) is 12.0. The van der Waals surface area contributed by atoms with Gasteiger partial charge in [-0.3, -0.25) is 38.5 Å². The lowest BCUT2D eigenvalue weighted by molar-refractivity contribution is -0.137. The highest BCUT2D eigenvalue weighted by atomic mass is 32.2. The average molecular weight is 923 g/mol. The van der Waals surface area contributed by atoms with Gasteiger partial charge in [0, 0.05) is 70.7 Å². The quantitative estimate of drug-likeness (QED) is 0.170. The summed E-state index contributed by atoms with van der Waals surface area (Å²) in [5, 5.41) is 18.2. The molecule has 6 heterocycles. The minimum Gasteiger partial charge on any atom is -0.453 e. The highest BCUT2D eigenvalue weighted by Crippen LogP contribution is 2.41. The number of fused-ring (bicyclic) bond motifs is 2. The highest BCUT2D eigenvalue weighted by Gasteiger charge is 2.44. The summed E-state index contributed by atoms with van der Waals surface area (Å²) in [6, 6.07) is 14.3. The number of amides is 3. The summed E-state index contributed by atoms with van der Waals surface area (Å²) >= 11 is 0. The molecule has 2 aromatic heterocycles. The first-order valence-corrected chi connectivity index (χ1v) is 23.7. The van der Waals surface area contributed by atoms with E-state index in [4.69, 9.17) is 9.47 Å². The second kappa shape index (κ2) is 17.8. The van der Waals surface area contributed by atoms with Crippen molar-refractivity contribution in [3.63, 3.8) is 0 Å². The number of aryl methyl sites for hydroxylation is 1. The Morgan fingerprint density at radius 3 is 2.56 bits per heavy atom. The zero-order valence-electron chi connectivity index (χ0n) is 37.0. The molecule has 2 atom stereocenters. The number of piperidine rings is 3. The summed E-state index contributed by atoms with van der Waals surface area (Å²) in [7, 11) is -0.801. The Morgan fingerprint density at radius 2 is 1.83 bits per heavy atom. The number of rotatable bonds is 11. The second-order valence-corrected chi connectivity index (χ2v) is 19.5. The molecule has 0 radical (unpaired) electrons. The van der Waals surface area contributed by atoms with Gasteiger partial charge in [-0.05, 0) is 93.0 Å². The van der Waals surface area contributed by atoms with Crippen LogP contribution in [0.4, 0.5) is 15.8 Å². The van der Waals surface area contributed by atoms with E-state index in [1.807, 2.05) is 24.1 Å². The Hall–Kier alpha value is -6.43. The normalized spacial score (nSPS) is 20.3. The predicted octanol–water partition coefficient (Wildman–Crippen LogP) is 4.84. The number of hydrogen-bond donors (Lipinski definition) is 2. The number of aromatic nitrogens is 4. The Morgan fingerprint density at radius 1 is 1.06 bits per heavy atom. The van der Waals surface area contributed by atoms with Gasteiger partial charge in [0.1, 0.15) is 17.4 Å². The number of halogens is 1. The van der Waals surface area contributed by atoms with Crippen LogP contribution in [0.2, 0.25) is 0 Å². The van der Waals surface area contributed by atoms with E-state index in [0.717, 1.165) is 59.0 Å². The summed E-state index contributed by atoms with van der Waals surface area (Å²) in [6.45, 7) is 4.83. The fraction of sp³-hybridized carbons (Fsp3) is 0.457. The molecule has 4 aliphatic rings. The molecule has 0 saturated carbocycles. The number of hydrogen-bond acceptors (Lipinski definition) is 12. The maximum absolute atomic E-state index is 15.1. The summed E-state index contributed by atoms with van der Waals surface area (Å²) in [5.41, 5.74) is 1.69. The number of imide groups is 1. The van der Waals surface area contributed by atoms with Crippen molar-refractivity contribution in [3.8, 4) is 17.6 Å². The Balaban J connectivity index is 0.795. The number of nitrogens with zero attached hydrogens (tertiary/aromatic N) is 8. The van der Waals surface area contributed by atoms with Crippen LogP contribution < -0.4 is 25.2 Å². The van der Waals surface area contributed by atoms with Crippen LogP contribution in [0.3, 0.4) is 0 Å². The maximum Gasteiger partial charge on any atom is 0.301 e. The van der Waals surface area contributed by atoms with Gasteiger partial charge in [0.15, 0.2) is 11.6 Å². The fourth-order valence-corrected chi connectivity index (χ4v) is 10.7. The van der Waals surface area contributed by atoms with Crippen LogP contribution in [-0.2, 0) is 36.4 Å². The number of carbonyl (C=O) groups is 3. The molecule has 9 rings (SSSR count). The highest BCUT2D eigenvalue weighted by molar-refractivity contribution is 7.90. The van der Waals surface area contributed by atoms with Crippen molar-refractivity contribution in [2.75, 3.05) is 56.0 Å². The number of likely N-dealkylation sites (tertiary alicyclic amines) is 1. The third kappa shape index (κ3) is 8.58. The molecule has 1 spiro atoms. The molecule has 66 heavy (non-hydrogen) atoms. The molecule has 4 fully saturated rings. The van der Waals surface area contributed by atoms with E-state index in [1.165, 1.54) is 25.5 Å². The molecule has 18 nitrogen and oxygen atoms in total. The number of carbonyl (C=O) groups excluding carboxylic acids is 3. The monoisotopic (exact) mass is 922 g/mol. The van der Waals surface area contributed by atoms with Gasteiger partial charge >= 0.3 is 10.2 Å². The maximum atomic E-state index is 15.1. The van der Waals surface area contributed by atoms with Crippen LogP contribution in [0.25, 0.3) is 21.8 Å². The van der Waals surface area contributed by atoms with Crippen LogP contribution in [0, 0.1) is 23.1 Å². The first-order chi connectivity index (χ1) is 31.7. The summed E-state index contributed by atoms with van der Waals surface area (Å²) < 4.78 is 59.4. The van der Waals surface area contributed by atoms with E-state index >= 15 is 4.39 Å². The topological polar surface area (TPSA) is 214 Å². The van der Waals surface area contributed by atoms with Gasteiger partial charge in [-0.1, -0.05) is 6.92 Å². The molecule has 4 aliphatic heterocycles. The van der Waals surface area contributed by atoms with Gasteiger partial charge < -0.3 is 19.3 Å². The van der Waals surface area contributed by atoms with Crippen molar-refractivity contribution in [2.45, 2.75) is 75.9 Å². The first kappa shape index (κ1) is 44.8. The molecule has 4 saturated heterocycles. The molecular formula is C46H51FN10O8S. The van der Waals surface area contributed by atoms with Gasteiger partial charge in [0.05, 0.1) is 58.3 Å². The third-order valence-electron chi connectivity index (χ3n) is 13.8. The van der Waals surface area contributed by atoms with Gasteiger partial charge in [-0.2, -0.15) is 23.1 Å². The van der Waals surface area contributed by atoms with Crippen molar-refractivity contribution in [1.29, 1.82) is 5.26 Å². The lowest BCUT2D eigenvalue weighted by atomic mass is 9.86. The van der Waals surface area contributed by atoms with Crippen LogP contribution in [-0.4, -0.2) is 107 Å². The lowest BCUT2D eigenvalue weighted by Gasteiger charge is -2.39. The van der Waals surface area contributed by atoms with Crippen molar-refractivity contribution in [1.82, 2.24) is 33.9 Å². The van der Waals surface area contributed by atoms with Crippen molar-refractivity contribution < 1.29 is 36.7 Å². The SMILES string of the molecule is CCN(C)S(=O)(=O)Nc1ccc(F)c(Oc2ccc3ncn([C@H]4COC5(CCN(C(=O)CC6CCN(c7ccc8c(C9CCC(=O)NC9=O)nn(C)c8c7)CC6)CC5)C4)c(=O)c3c2)c1C#N. The summed E-state index contributed by atoms with van der Waals surface area (Å²) in [4.78, 5) is 60.7. The number of nitriles is 1. The van der Waals surface area contributed by atoms with E-state index in [-0.39, 0.29) is 70.8 Å². The third-order valence-corrected chi connectivity index (χ3v) is 15.3. The molecule has 346 valence electrons. The lowest BCUT2D eigenvalue weighted by Crippen LogP contribution is -2.47. The van der Waals surface area contributed by atoms with Crippen molar-refractivity contribution in [3.05, 3.63) is 82.3 Å². The molecule has 1 unspecified atom stereocenters. The second-order valence-electron chi connectivity index (χ2n) is 17.8. The van der Waals surface area contributed by atoms with Gasteiger partial charge in [0.25, 0.3) is 5.56 Å². The number of ether oxygens (including phenoxy) is 2. The first-order valence-electron chi connectivity index (χ1n) is 22.3. The van der Waals surface area contributed by atoms with E-state index in [9.17, 15) is 32.9 Å². The van der Waals surface area contributed by atoms with E-state index in [0.29, 0.717) is 62.8 Å². The standard InChI is InChI=1S/C46H51FN10O8S/c1-4-53(2)66(62,63)52-38-11-9-36(47)43(35(38)25-48)65-31-6-10-37-34(23-31)45(61)57(27-49-37)30-24-46(64-26-30)15-19-56(20-16-46)41(59)21-28-13-17-55(18-14-28)29-5-7-32-39(22-29)54(3)51-42(32)33-8-12-40(58)50-44(33)60/h5-7,9-11,22-23,27-28,30,33,52H,4,8,12-21,24,26H2,1-3H3,(H,50,58,60)/t30-,33?/m1/s1. The largest absolute Gasteiger partial charge is 0.453 e. The van der Waals surface area contributed by atoms with Gasteiger partial charge in [-0.15, -0.1) is 0 Å². The average Bonchev–Trinajstić information content (AvgIpc) is 3.87.